The highest BCUT2D eigenvalue weighted by Crippen LogP contribution is 2.27. The van der Waals surface area contributed by atoms with Crippen LogP contribution in [0.4, 0.5) is 0 Å². The Hall–Kier alpha value is -1.21. The molecule has 0 aromatic rings. The third-order valence-electron chi connectivity index (χ3n) is 5.45. The molecule has 0 aliphatic carbocycles. The summed E-state index contributed by atoms with van der Waals surface area (Å²) in [4.78, 5) is 2.56. The zero-order chi connectivity index (χ0) is 24.1. The van der Waals surface area contributed by atoms with Gasteiger partial charge in [-0.25, -0.2) is 0 Å². The van der Waals surface area contributed by atoms with Crippen LogP contribution in [0.25, 0.3) is 10.4 Å². The first kappa shape index (κ1) is 26.4. The highest BCUT2D eigenvalue weighted by Gasteiger charge is 2.48. The molecular formula is C17H29N3O13. The minimum atomic E-state index is -1.64. The van der Waals surface area contributed by atoms with Gasteiger partial charge in [0.15, 0.2) is 18.9 Å². The molecule has 0 radical (unpaired) electrons. The monoisotopic (exact) mass is 483 g/mol. The lowest BCUT2D eigenvalue weighted by Gasteiger charge is -2.44. The Morgan fingerprint density at radius 2 is 1.33 bits per heavy atom. The van der Waals surface area contributed by atoms with Gasteiger partial charge in [0, 0.05) is 11.5 Å². The molecule has 33 heavy (non-hydrogen) atoms. The number of nitrogens with zero attached hydrogens (tertiary/aromatic N) is 3. The van der Waals surface area contributed by atoms with E-state index in [1.54, 1.807) is 0 Å². The third kappa shape index (κ3) is 6.27. The number of ether oxygens (including phenoxy) is 6. The van der Waals surface area contributed by atoms with Gasteiger partial charge in [-0.15, -0.1) is 0 Å². The Morgan fingerprint density at radius 1 is 0.727 bits per heavy atom. The average molecular weight is 483 g/mol. The molecule has 12 atom stereocenters. The number of rotatable bonds is 8. The summed E-state index contributed by atoms with van der Waals surface area (Å²) in [6, 6.07) is 0. The summed E-state index contributed by atoms with van der Waals surface area (Å²) >= 11 is 0. The lowest BCUT2D eigenvalue weighted by atomic mass is 10.0. The molecule has 3 saturated heterocycles. The Morgan fingerprint density at radius 3 is 2.03 bits per heavy atom. The summed E-state index contributed by atoms with van der Waals surface area (Å²) in [7, 11) is 0. The van der Waals surface area contributed by atoms with Crippen molar-refractivity contribution in [3.63, 3.8) is 0 Å². The van der Waals surface area contributed by atoms with Crippen LogP contribution >= 0.6 is 0 Å². The maximum atomic E-state index is 10.6. The van der Waals surface area contributed by atoms with E-state index >= 15 is 0 Å². The first-order chi connectivity index (χ1) is 15.7. The average Bonchev–Trinajstić information content (AvgIpc) is 2.80. The molecule has 0 spiro atoms. The SMILES string of the molecule is [N-]=[N+]=NCCO[C@@H]1OC[C@@H](O[C@@H]2OC[C@@H](O)C(O[C@H]3OC[C@@H](O)C(O)[C@@H]3O)[C@@H]2O)C(O)[C@@H]1O. The summed E-state index contributed by atoms with van der Waals surface area (Å²) in [6.07, 6.45) is -17.1. The highest BCUT2D eigenvalue weighted by molar-refractivity contribution is 4.90. The number of azide groups is 1. The fraction of sp³-hybridized carbons (Fsp3) is 1.00. The van der Waals surface area contributed by atoms with Crippen LogP contribution in [0, 0.1) is 0 Å². The van der Waals surface area contributed by atoms with Gasteiger partial charge in [-0.2, -0.15) is 0 Å². The summed E-state index contributed by atoms with van der Waals surface area (Å²) in [6.45, 7) is -0.988. The topological polar surface area (TPSA) is 246 Å². The molecule has 3 rings (SSSR count). The molecule has 3 fully saturated rings. The van der Waals surface area contributed by atoms with Crippen molar-refractivity contribution in [3.05, 3.63) is 10.4 Å². The smallest absolute Gasteiger partial charge is 0.186 e. The molecule has 0 bridgehead atoms. The van der Waals surface area contributed by atoms with Gasteiger partial charge in [0.05, 0.1) is 26.4 Å². The Labute approximate surface area is 187 Å². The number of hydrogen-bond acceptors (Lipinski definition) is 14. The first-order valence-electron chi connectivity index (χ1n) is 10.3. The zero-order valence-electron chi connectivity index (χ0n) is 17.4. The van der Waals surface area contributed by atoms with Crippen molar-refractivity contribution in [1.82, 2.24) is 0 Å². The quantitative estimate of drug-likeness (QED) is 0.0748. The molecule has 0 aromatic carbocycles. The summed E-state index contributed by atoms with van der Waals surface area (Å²) in [5.41, 5.74) is 8.24. The standard InChI is InChI=1S/C17H29N3O13/c18-20-19-1-2-28-15-12(26)10(24)8(5-31-15)32-17-13(27)14(7(22)4-30-17)33-16-11(25)9(23)6(21)3-29-16/h6-17,21-27H,1-5H2/t6-,7-,8-,9?,10?,11+,12+,13+,14?,15-,16-,17+/m1/s1. The maximum Gasteiger partial charge on any atom is 0.186 e. The molecule has 16 heteroatoms. The van der Waals surface area contributed by atoms with E-state index in [0.29, 0.717) is 0 Å². The predicted molar refractivity (Wildman–Crippen MR) is 101 cm³/mol. The van der Waals surface area contributed by atoms with Gasteiger partial charge in [0.2, 0.25) is 0 Å². The van der Waals surface area contributed by atoms with Crippen molar-refractivity contribution in [2.24, 2.45) is 5.11 Å². The fourth-order valence-electron chi connectivity index (χ4n) is 3.58. The molecule has 7 N–H and O–H groups in total. The lowest BCUT2D eigenvalue weighted by molar-refractivity contribution is -0.352. The van der Waals surface area contributed by atoms with Crippen LogP contribution in [0.2, 0.25) is 0 Å². The Balaban J connectivity index is 1.55. The molecule has 190 valence electrons. The van der Waals surface area contributed by atoms with Crippen LogP contribution in [-0.2, 0) is 28.4 Å². The highest BCUT2D eigenvalue weighted by atomic mass is 16.7. The first-order valence-corrected chi connectivity index (χ1v) is 10.3. The van der Waals surface area contributed by atoms with Gasteiger partial charge in [0.25, 0.3) is 0 Å². The summed E-state index contributed by atoms with van der Waals surface area (Å²) < 4.78 is 31.9. The molecule has 3 unspecified atom stereocenters. The van der Waals surface area contributed by atoms with Gasteiger partial charge < -0.3 is 64.2 Å². The normalized spacial score (nSPS) is 46.5. The van der Waals surface area contributed by atoms with Gasteiger partial charge in [-0.1, -0.05) is 5.11 Å². The zero-order valence-corrected chi connectivity index (χ0v) is 17.4. The van der Waals surface area contributed by atoms with E-state index in [2.05, 4.69) is 10.0 Å². The van der Waals surface area contributed by atoms with E-state index in [9.17, 15) is 35.7 Å². The van der Waals surface area contributed by atoms with Crippen molar-refractivity contribution in [3.8, 4) is 0 Å². The van der Waals surface area contributed by atoms with Crippen LogP contribution in [-0.4, -0.2) is 143 Å². The van der Waals surface area contributed by atoms with E-state index < -0.39 is 73.8 Å². The largest absolute Gasteiger partial charge is 0.388 e. The second-order valence-electron chi connectivity index (χ2n) is 7.79. The van der Waals surface area contributed by atoms with Crippen molar-refractivity contribution < 1.29 is 64.2 Å². The van der Waals surface area contributed by atoms with E-state index in [4.69, 9.17) is 34.0 Å². The van der Waals surface area contributed by atoms with Crippen LogP contribution in [0.5, 0.6) is 0 Å². The predicted octanol–water partition coefficient (Wildman–Crippen LogP) is -4.32. The molecule has 0 amide bonds. The maximum absolute atomic E-state index is 10.6. The van der Waals surface area contributed by atoms with Crippen molar-refractivity contribution in [2.75, 3.05) is 33.0 Å². The molecule has 3 aliphatic heterocycles. The van der Waals surface area contributed by atoms with Gasteiger partial charge in [-0.05, 0) is 5.53 Å². The minimum absolute atomic E-state index is 0.000317. The Bertz CT molecular complexity index is 670. The van der Waals surface area contributed by atoms with Crippen LogP contribution in [0.15, 0.2) is 5.11 Å². The van der Waals surface area contributed by atoms with Crippen molar-refractivity contribution >= 4 is 0 Å². The van der Waals surface area contributed by atoms with Crippen molar-refractivity contribution in [2.45, 2.75) is 73.8 Å². The lowest BCUT2D eigenvalue weighted by Crippen LogP contribution is -2.62. The minimum Gasteiger partial charge on any atom is -0.388 e. The number of aliphatic hydroxyl groups is 7. The van der Waals surface area contributed by atoms with Gasteiger partial charge in [-0.3, -0.25) is 0 Å². The molecule has 16 nitrogen and oxygen atoms in total. The van der Waals surface area contributed by atoms with E-state index in [0.717, 1.165) is 0 Å². The van der Waals surface area contributed by atoms with Crippen LogP contribution in [0.3, 0.4) is 0 Å². The van der Waals surface area contributed by atoms with E-state index in [1.165, 1.54) is 0 Å². The van der Waals surface area contributed by atoms with Gasteiger partial charge in [0.1, 0.15) is 54.9 Å². The summed E-state index contributed by atoms with van der Waals surface area (Å²) in [5.74, 6) is 0. The molecular weight excluding hydrogens is 454 g/mol. The van der Waals surface area contributed by atoms with Crippen molar-refractivity contribution in [1.29, 1.82) is 0 Å². The molecule has 3 aliphatic rings. The van der Waals surface area contributed by atoms with Crippen LogP contribution in [0.1, 0.15) is 0 Å². The second-order valence-corrected chi connectivity index (χ2v) is 7.79. The van der Waals surface area contributed by atoms with Crippen LogP contribution < -0.4 is 0 Å². The molecule has 0 saturated carbocycles. The third-order valence-corrected chi connectivity index (χ3v) is 5.45. The van der Waals surface area contributed by atoms with E-state index in [-0.39, 0.29) is 33.0 Å². The number of hydrogen-bond donors (Lipinski definition) is 7. The molecule has 3 heterocycles. The van der Waals surface area contributed by atoms with Gasteiger partial charge >= 0.3 is 0 Å². The Kier molecular flexibility index (Phi) is 9.57. The molecule has 0 aromatic heterocycles. The van der Waals surface area contributed by atoms with E-state index in [1.807, 2.05) is 0 Å². The fourth-order valence-corrected chi connectivity index (χ4v) is 3.58. The second kappa shape index (κ2) is 12.0. The number of aliphatic hydroxyl groups excluding tert-OH is 7. The summed E-state index contributed by atoms with van der Waals surface area (Å²) in [5, 5.41) is 73.9.